The highest BCUT2D eigenvalue weighted by Crippen LogP contribution is 2.33. The van der Waals surface area contributed by atoms with Crippen molar-refractivity contribution in [3.8, 4) is 0 Å². The van der Waals surface area contributed by atoms with Crippen molar-refractivity contribution in [3.05, 3.63) is 34.6 Å². The number of amides is 1. The van der Waals surface area contributed by atoms with Crippen molar-refractivity contribution in [2.24, 2.45) is 11.7 Å². The van der Waals surface area contributed by atoms with Crippen molar-refractivity contribution >= 4 is 34.7 Å². The number of carbonyl (C=O) groups is 1. The monoisotopic (exact) mass is 328 g/mol. The minimum atomic E-state index is -0.670. The van der Waals surface area contributed by atoms with E-state index >= 15 is 0 Å². The van der Waals surface area contributed by atoms with Crippen molar-refractivity contribution in [1.29, 1.82) is 0 Å². The Labute approximate surface area is 134 Å². The molecule has 1 amide bonds. The summed E-state index contributed by atoms with van der Waals surface area (Å²) in [7, 11) is 0. The van der Waals surface area contributed by atoms with Gasteiger partial charge in [0.05, 0.1) is 21.1 Å². The molecule has 3 nitrogen and oxygen atoms in total. The minimum absolute atomic E-state index is 0.0785. The Kier molecular flexibility index (Phi) is 4.84. The van der Waals surface area contributed by atoms with E-state index in [1.807, 2.05) is 0 Å². The molecule has 1 aliphatic carbocycles. The Morgan fingerprint density at radius 3 is 2.62 bits per heavy atom. The largest absolute Gasteiger partial charge is 0.391 e. The van der Waals surface area contributed by atoms with E-state index in [0.717, 1.165) is 18.9 Å². The maximum atomic E-state index is 13.1. The smallest absolute Gasteiger partial charge is 0.253 e. The predicted octanol–water partition coefficient (Wildman–Crippen LogP) is 3.44. The zero-order chi connectivity index (χ0) is 15.6. The molecular weight excluding hydrogens is 311 g/mol. The fraction of sp³-hybridized carbons (Fsp3) is 0.467. The number of hydrogen-bond donors (Lipinski definition) is 2. The standard InChI is InChI=1S/C15H18ClFN2OS/c1-9-4-6-15(7-5-9,14(18)21)19-13(20)11-3-2-10(17)8-12(11)16/h2-3,8-9H,4-7H2,1H3,(H2,18,21)(H,19,20). The quantitative estimate of drug-likeness (QED) is 0.836. The zero-order valence-corrected chi connectivity index (χ0v) is 13.4. The number of nitrogens with two attached hydrogens (primary N) is 1. The lowest BCUT2D eigenvalue weighted by Gasteiger charge is -2.39. The Hall–Kier alpha value is -1.20. The summed E-state index contributed by atoms with van der Waals surface area (Å²) in [5.74, 6) is -0.256. The first-order chi connectivity index (χ1) is 9.84. The van der Waals surface area contributed by atoms with E-state index in [1.54, 1.807) is 0 Å². The first kappa shape index (κ1) is 16.2. The van der Waals surface area contributed by atoms with Gasteiger partial charge >= 0.3 is 0 Å². The van der Waals surface area contributed by atoms with Gasteiger partial charge in [-0.25, -0.2) is 4.39 Å². The number of thiocarbonyl (C=S) groups is 1. The molecule has 3 N–H and O–H groups in total. The maximum Gasteiger partial charge on any atom is 0.253 e. The summed E-state index contributed by atoms with van der Waals surface area (Å²) in [6.07, 6.45) is 3.34. The molecule has 0 radical (unpaired) electrons. The van der Waals surface area contributed by atoms with Gasteiger partial charge in [-0.05, 0) is 49.8 Å². The predicted molar refractivity (Wildman–Crippen MR) is 86.0 cm³/mol. The van der Waals surface area contributed by atoms with Crippen LogP contribution in [0.25, 0.3) is 0 Å². The number of halogens is 2. The molecule has 6 heteroatoms. The van der Waals surface area contributed by atoms with E-state index in [2.05, 4.69) is 12.2 Å². The van der Waals surface area contributed by atoms with Crippen molar-refractivity contribution in [3.63, 3.8) is 0 Å². The minimum Gasteiger partial charge on any atom is -0.391 e. The van der Waals surface area contributed by atoms with Crippen LogP contribution >= 0.6 is 23.8 Å². The molecule has 0 unspecified atom stereocenters. The van der Waals surface area contributed by atoms with Crippen LogP contribution in [-0.4, -0.2) is 16.4 Å². The molecule has 1 aromatic carbocycles. The third-order valence-corrected chi connectivity index (χ3v) is 4.83. The van der Waals surface area contributed by atoms with Gasteiger partial charge in [0.2, 0.25) is 0 Å². The molecule has 1 saturated carbocycles. The summed E-state index contributed by atoms with van der Waals surface area (Å²) in [5, 5.41) is 3.00. The van der Waals surface area contributed by atoms with Crippen LogP contribution in [0.5, 0.6) is 0 Å². The third kappa shape index (κ3) is 3.52. The summed E-state index contributed by atoms with van der Waals surface area (Å²) in [5.41, 5.74) is 5.42. The molecule has 1 aliphatic rings. The van der Waals surface area contributed by atoms with Gasteiger partial charge in [-0.3, -0.25) is 4.79 Å². The molecule has 114 valence electrons. The zero-order valence-electron chi connectivity index (χ0n) is 11.8. The Morgan fingerprint density at radius 1 is 1.48 bits per heavy atom. The van der Waals surface area contributed by atoms with Gasteiger partial charge in [-0.2, -0.15) is 0 Å². The summed E-state index contributed by atoms with van der Waals surface area (Å²) < 4.78 is 13.1. The second-order valence-electron chi connectivity index (χ2n) is 5.71. The highest BCUT2D eigenvalue weighted by Gasteiger charge is 2.38. The van der Waals surface area contributed by atoms with Crippen LogP contribution in [0.1, 0.15) is 43.0 Å². The van der Waals surface area contributed by atoms with Crippen LogP contribution in [0, 0.1) is 11.7 Å². The maximum absolute atomic E-state index is 13.1. The molecule has 0 bridgehead atoms. The molecule has 0 atom stereocenters. The normalized spacial score (nSPS) is 25.4. The van der Waals surface area contributed by atoms with Crippen LogP contribution in [0.3, 0.4) is 0 Å². The molecule has 0 saturated heterocycles. The van der Waals surface area contributed by atoms with E-state index in [0.29, 0.717) is 23.7 Å². The Balaban J connectivity index is 2.21. The van der Waals surface area contributed by atoms with Gasteiger partial charge < -0.3 is 11.1 Å². The number of rotatable bonds is 3. The number of carbonyl (C=O) groups excluding carboxylic acids is 1. The number of hydrogen-bond acceptors (Lipinski definition) is 2. The first-order valence-electron chi connectivity index (χ1n) is 6.91. The van der Waals surface area contributed by atoms with Gasteiger partial charge in [0, 0.05) is 0 Å². The SMILES string of the molecule is CC1CCC(NC(=O)c2ccc(F)cc2Cl)(C(N)=S)CC1. The van der Waals surface area contributed by atoms with Gasteiger partial charge in [-0.1, -0.05) is 30.7 Å². The highest BCUT2D eigenvalue weighted by molar-refractivity contribution is 7.80. The van der Waals surface area contributed by atoms with Gasteiger partial charge in [-0.15, -0.1) is 0 Å². The summed E-state index contributed by atoms with van der Waals surface area (Å²) in [4.78, 5) is 12.7. The average molecular weight is 329 g/mol. The number of benzene rings is 1. The van der Waals surface area contributed by atoms with E-state index in [9.17, 15) is 9.18 Å². The fourth-order valence-corrected chi connectivity index (χ4v) is 3.15. The molecule has 2 rings (SSSR count). The molecule has 21 heavy (non-hydrogen) atoms. The molecule has 0 aromatic heterocycles. The lowest BCUT2D eigenvalue weighted by Crippen LogP contribution is -2.58. The van der Waals surface area contributed by atoms with Gasteiger partial charge in [0.1, 0.15) is 5.82 Å². The topological polar surface area (TPSA) is 55.1 Å². The highest BCUT2D eigenvalue weighted by atomic mass is 35.5. The van der Waals surface area contributed by atoms with E-state index in [4.69, 9.17) is 29.6 Å². The fourth-order valence-electron chi connectivity index (χ4n) is 2.65. The molecule has 1 fully saturated rings. The molecule has 0 heterocycles. The van der Waals surface area contributed by atoms with E-state index < -0.39 is 11.4 Å². The third-order valence-electron chi connectivity index (χ3n) is 4.13. The van der Waals surface area contributed by atoms with Crippen LogP contribution < -0.4 is 11.1 Å². The lowest BCUT2D eigenvalue weighted by molar-refractivity contribution is 0.0901. The van der Waals surface area contributed by atoms with Crippen LogP contribution in [0.15, 0.2) is 18.2 Å². The second-order valence-corrected chi connectivity index (χ2v) is 6.55. The van der Waals surface area contributed by atoms with E-state index in [-0.39, 0.29) is 16.5 Å². The number of nitrogens with one attached hydrogen (secondary N) is 1. The van der Waals surface area contributed by atoms with Gasteiger partial charge in [0.25, 0.3) is 5.91 Å². The second kappa shape index (κ2) is 6.28. The van der Waals surface area contributed by atoms with Gasteiger partial charge in [0.15, 0.2) is 0 Å². The van der Waals surface area contributed by atoms with Crippen LogP contribution in [-0.2, 0) is 0 Å². The summed E-state index contributed by atoms with van der Waals surface area (Å²) >= 11 is 11.1. The molecule has 1 aromatic rings. The molecule has 0 aliphatic heterocycles. The Morgan fingerprint density at radius 2 is 2.10 bits per heavy atom. The first-order valence-corrected chi connectivity index (χ1v) is 7.70. The van der Waals surface area contributed by atoms with Crippen molar-refractivity contribution in [2.45, 2.75) is 38.1 Å². The van der Waals surface area contributed by atoms with Crippen LogP contribution in [0.2, 0.25) is 5.02 Å². The van der Waals surface area contributed by atoms with Crippen molar-refractivity contribution < 1.29 is 9.18 Å². The van der Waals surface area contributed by atoms with Crippen molar-refractivity contribution in [1.82, 2.24) is 5.32 Å². The Bertz CT molecular complexity index is 571. The average Bonchev–Trinajstić information content (AvgIpc) is 2.41. The summed E-state index contributed by atoms with van der Waals surface area (Å²) in [6, 6.07) is 3.69. The van der Waals surface area contributed by atoms with E-state index in [1.165, 1.54) is 12.1 Å². The van der Waals surface area contributed by atoms with Crippen molar-refractivity contribution in [2.75, 3.05) is 0 Å². The van der Waals surface area contributed by atoms with Crippen LogP contribution in [0.4, 0.5) is 4.39 Å². The molecule has 0 spiro atoms. The molecular formula is C15H18ClFN2OS. The summed E-state index contributed by atoms with van der Waals surface area (Å²) in [6.45, 7) is 2.17. The lowest BCUT2D eigenvalue weighted by atomic mass is 9.77.